The summed E-state index contributed by atoms with van der Waals surface area (Å²) >= 11 is 1.35. The number of para-hydroxylation sites is 1. The van der Waals surface area contributed by atoms with Crippen LogP contribution >= 0.6 is 11.8 Å². The van der Waals surface area contributed by atoms with E-state index in [4.69, 9.17) is 4.42 Å². The molecule has 0 spiro atoms. The molecule has 0 saturated carbocycles. The first-order chi connectivity index (χ1) is 10.7. The Morgan fingerprint density at radius 3 is 2.91 bits per heavy atom. The van der Waals surface area contributed by atoms with Crippen LogP contribution in [0.15, 0.2) is 49.6 Å². The highest BCUT2D eigenvalue weighted by Crippen LogP contribution is 2.31. The fraction of sp³-hybridized carbons (Fsp3) is 0.267. The van der Waals surface area contributed by atoms with Gasteiger partial charge in [-0.2, -0.15) is 0 Å². The van der Waals surface area contributed by atoms with Crippen molar-refractivity contribution < 1.29 is 9.52 Å². The van der Waals surface area contributed by atoms with Gasteiger partial charge in [0.05, 0.1) is 0 Å². The second-order valence-electron chi connectivity index (χ2n) is 4.74. The average Bonchev–Trinajstić information content (AvgIpc) is 2.89. The highest BCUT2D eigenvalue weighted by Gasteiger charge is 2.14. The van der Waals surface area contributed by atoms with Crippen molar-refractivity contribution in [2.24, 2.45) is 0 Å². The van der Waals surface area contributed by atoms with Crippen LogP contribution in [0.2, 0.25) is 0 Å². The zero-order valence-corrected chi connectivity index (χ0v) is 12.8. The third kappa shape index (κ3) is 2.77. The third-order valence-electron chi connectivity index (χ3n) is 3.20. The fourth-order valence-corrected chi connectivity index (χ4v) is 3.24. The van der Waals surface area contributed by atoms with Crippen molar-refractivity contribution in [2.75, 3.05) is 0 Å². The highest BCUT2D eigenvalue weighted by atomic mass is 32.2. The van der Waals surface area contributed by atoms with E-state index in [9.17, 15) is 9.90 Å². The van der Waals surface area contributed by atoms with Crippen LogP contribution < -0.4 is 5.63 Å². The van der Waals surface area contributed by atoms with Crippen molar-refractivity contribution in [1.29, 1.82) is 0 Å². The number of hydrogen-bond donors (Lipinski definition) is 1. The van der Waals surface area contributed by atoms with E-state index in [2.05, 4.69) is 10.2 Å². The maximum absolute atomic E-state index is 11.7. The van der Waals surface area contributed by atoms with Crippen molar-refractivity contribution in [3.63, 3.8) is 0 Å². The Kier molecular flexibility index (Phi) is 4.26. The minimum Gasteiger partial charge on any atom is -0.423 e. The monoisotopic (exact) mass is 317 g/mol. The first-order valence-corrected chi connectivity index (χ1v) is 7.78. The Hall–Kier alpha value is -2.12. The number of nitrogens with zero attached hydrogens (tertiary/aromatic N) is 3. The van der Waals surface area contributed by atoms with E-state index < -0.39 is 5.63 Å². The quantitative estimate of drug-likeness (QED) is 0.728. The molecule has 0 aliphatic carbocycles. The predicted molar refractivity (Wildman–Crippen MR) is 82.8 cm³/mol. The van der Waals surface area contributed by atoms with Gasteiger partial charge in [0.2, 0.25) is 0 Å². The number of aliphatic hydroxyl groups excluding tert-OH is 1. The number of aromatic nitrogens is 3. The first-order valence-electron chi connectivity index (χ1n) is 6.96. The number of rotatable bonds is 5. The van der Waals surface area contributed by atoms with Crippen LogP contribution in [-0.4, -0.2) is 19.9 Å². The summed E-state index contributed by atoms with van der Waals surface area (Å²) in [7, 11) is 0. The molecule has 3 rings (SSSR count). The molecular formula is C15H15N3O3S. The van der Waals surface area contributed by atoms with E-state index >= 15 is 0 Å². The number of benzene rings is 1. The van der Waals surface area contributed by atoms with E-state index in [-0.39, 0.29) is 6.61 Å². The Bertz CT molecular complexity index is 857. The molecule has 0 unspecified atom stereocenters. The second kappa shape index (κ2) is 6.33. The molecular weight excluding hydrogens is 302 g/mol. The largest absolute Gasteiger partial charge is 0.423 e. The van der Waals surface area contributed by atoms with Crippen molar-refractivity contribution in [2.45, 2.75) is 36.5 Å². The SMILES string of the molecule is CCCn1c(CO)nnc1Sc1cc(=O)oc2ccccc12. The third-order valence-corrected chi connectivity index (χ3v) is 4.24. The summed E-state index contributed by atoms with van der Waals surface area (Å²) in [5.41, 5.74) is 0.145. The van der Waals surface area contributed by atoms with Gasteiger partial charge in [0.15, 0.2) is 11.0 Å². The molecule has 2 aromatic heterocycles. The van der Waals surface area contributed by atoms with Crippen molar-refractivity contribution >= 4 is 22.7 Å². The summed E-state index contributed by atoms with van der Waals surface area (Å²) in [6.07, 6.45) is 0.899. The van der Waals surface area contributed by atoms with E-state index in [1.807, 2.05) is 29.7 Å². The van der Waals surface area contributed by atoms with E-state index in [1.54, 1.807) is 6.07 Å². The zero-order valence-electron chi connectivity index (χ0n) is 12.0. The molecule has 2 heterocycles. The molecule has 0 aliphatic heterocycles. The van der Waals surface area contributed by atoms with Crippen LogP contribution in [0.1, 0.15) is 19.2 Å². The van der Waals surface area contributed by atoms with Crippen LogP contribution in [0.4, 0.5) is 0 Å². The molecule has 7 heteroatoms. The van der Waals surface area contributed by atoms with E-state index in [0.29, 0.717) is 23.1 Å². The van der Waals surface area contributed by atoms with Gasteiger partial charge < -0.3 is 14.1 Å². The lowest BCUT2D eigenvalue weighted by molar-refractivity contribution is 0.263. The smallest absolute Gasteiger partial charge is 0.337 e. The fourth-order valence-electron chi connectivity index (χ4n) is 2.22. The number of aliphatic hydroxyl groups is 1. The molecule has 1 N–H and O–H groups in total. The minimum atomic E-state index is -0.398. The van der Waals surface area contributed by atoms with Gasteiger partial charge in [-0.05, 0) is 24.2 Å². The summed E-state index contributed by atoms with van der Waals surface area (Å²) in [4.78, 5) is 12.5. The van der Waals surface area contributed by atoms with Crippen LogP contribution in [-0.2, 0) is 13.2 Å². The minimum absolute atomic E-state index is 0.161. The Balaban J connectivity index is 2.07. The molecule has 0 atom stereocenters. The van der Waals surface area contributed by atoms with Crippen LogP contribution in [0, 0.1) is 0 Å². The maximum Gasteiger partial charge on any atom is 0.337 e. The number of hydrogen-bond acceptors (Lipinski definition) is 6. The lowest BCUT2D eigenvalue weighted by atomic mass is 10.2. The van der Waals surface area contributed by atoms with Crippen molar-refractivity contribution in [1.82, 2.24) is 14.8 Å². The highest BCUT2D eigenvalue weighted by molar-refractivity contribution is 7.99. The van der Waals surface area contributed by atoms with Gasteiger partial charge in [-0.1, -0.05) is 25.1 Å². The average molecular weight is 317 g/mol. The molecule has 6 nitrogen and oxygen atoms in total. The maximum atomic E-state index is 11.7. The standard InChI is InChI=1S/C15H15N3O3S/c1-2-7-18-13(9-19)16-17-15(18)22-12-8-14(20)21-11-6-4-3-5-10(11)12/h3-6,8,19H,2,7,9H2,1H3. The lowest BCUT2D eigenvalue weighted by Gasteiger charge is -2.08. The molecule has 0 radical (unpaired) electrons. The Morgan fingerprint density at radius 1 is 1.32 bits per heavy atom. The van der Waals surface area contributed by atoms with Crippen molar-refractivity contribution in [3.8, 4) is 0 Å². The first kappa shape index (κ1) is 14.8. The summed E-state index contributed by atoms with van der Waals surface area (Å²) in [6, 6.07) is 8.83. The number of fused-ring (bicyclic) bond motifs is 1. The molecule has 0 saturated heterocycles. The van der Waals surface area contributed by atoms with Gasteiger partial charge in [0.25, 0.3) is 0 Å². The van der Waals surface area contributed by atoms with Gasteiger partial charge in [-0.3, -0.25) is 0 Å². The molecule has 1 aromatic carbocycles. The summed E-state index contributed by atoms with van der Waals surface area (Å²) in [6.45, 7) is 2.60. The lowest BCUT2D eigenvalue weighted by Crippen LogP contribution is -2.05. The van der Waals surface area contributed by atoms with Crippen molar-refractivity contribution in [3.05, 3.63) is 46.6 Å². The summed E-state index contributed by atoms with van der Waals surface area (Å²) in [5.74, 6) is 0.525. The molecule has 3 aromatic rings. The topological polar surface area (TPSA) is 81.1 Å². The molecule has 22 heavy (non-hydrogen) atoms. The van der Waals surface area contributed by atoms with Gasteiger partial charge >= 0.3 is 5.63 Å². The normalized spacial score (nSPS) is 11.2. The molecule has 114 valence electrons. The van der Waals surface area contributed by atoms with E-state index in [1.165, 1.54) is 17.8 Å². The predicted octanol–water partition coefficient (Wildman–Crippen LogP) is 2.44. The summed E-state index contributed by atoms with van der Waals surface area (Å²) in [5, 5.41) is 19.0. The van der Waals surface area contributed by atoms with E-state index in [0.717, 1.165) is 16.7 Å². The molecule has 0 fully saturated rings. The van der Waals surface area contributed by atoms with Gasteiger partial charge in [-0.25, -0.2) is 4.79 Å². The van der Waals surface area contributed by atoms with Gasteiger partial charge in [0.1, 0.15) is 12.2 Å². The Labute approximate surface area is 130 Å². The Morgan fingerprint density at radius 2 is 2.14 bits per heavy atom. The van der Waals surface area contributed by atoms with Gasteiger partial charge in [-0.15, -0.1) is 10.2 Å². The van der Waals surface area contributed by atoms with Crippen LogP contribution in [0.3, 0.4) is 0 Å². The van der Waals surface area contributed by atoms with Gasteiger partial charge in [0, 0.05) is 22.9 Å². The van der Waals surface area contributed by atoms with Crippen LogP contribution in [0.5, 0.6) is 0 Å². The summed E-state index contributed by atoms with van der Waals surface area (Å²) < 4.78 is 7.06. The van der Waals surface area contributed by atoms with Crippen LogP contribution in [0.25, 0.3) is 11.0 Å². The molecule has 0 amide bonds. The zero-order chi connectivity index (χ0) is 15.5. The second-order valence-corrected chi connectivity index (χ2v) is 5.75. The molecule has 0 aliphatic rings. The molecule has 0 bridgehead atoms.